The van der Waals surface area contributed by atoms with Gasteiger partial charge in [0.2, 0.25) is 0 Å². The molecule has 92 valence electrons. The zero-order valence-corrected chi connectivity index (χ0v) is 11.6. The molecule has 0 aliphatic heterocycles. The van der Waals surface area contributed by atoms with E-state index in [9.17, 15) is 5.11 Å². The standard InChI is InChI=1S/C12H20ClNOS/c1-7(2)4-9(5-14)11(15)12-10(13)8(3)6-16-12/h6-7,9,11,15H,4-5,14H2,1-3H3. The molecule has 0 saturated carbocycles. The smallest absolute Gasteiger partial charge is 0.0937 e. The summed E-state index contributed by atoms with van der Waals surface area (Å²) in [5.41, 5.74) is 6.75. The van der Waals surface area contributed by atoms with E-state index >= 15 is 0 Å². The van der Waals surface area contributed by atoms with Crippen LogP contribution in [0.1, 0.15) is 36.8 Å². The number of aliphatic hydroxyl groups is 1. The summed E-state index contributed by atoms with van der Waals surface area (Å²) in [4.78, 5) is 0.857. The van der Waals surface area contributed by atoms with Gasteiger partial charge < -0.3 is 10.8 Å². The number of aryl methyl sites for hydroxylation is 1. The Bertz CT molecular complexity index is 338. The van der Waals surface area contributed by atoms with E-state index in [1.165, 1.54) is 11.3 Å². The van der Waals surface area contributed by atoms with E-state index in [0.29, 0.717) is 17.5 Å². The van der Waals surface area contributed by atoms with E-state index < -0.39 is 6.10 Å². The number of hydrogen-bond donors (Lipinski definition) is 2. The summed E-state index contributed by atoms with van der Waals surface area (Å²) in [5.74, 6) is 0.624. The van der Waals surface area contributed by atoms with Gasteiger partial charge in [-0.1, -0.05) is 25.4 Å². The van der Waals surface area contributed by atoms with Gasteiger partial charge in [0.25, 0.3) is 0 Å². The molecular weight excluding hydrogens is 242 g/mol. The Morgan fingerprint density at radius 3 is 2.50 bits per heavy atom. The highest BCUT2D eigenvalue weighted by atomic mass is 35.5. The van der Waals surface area contributed by atoms with Crippen molar-refractivity contribution >= 4 is 22.9 Å². The number of aliphatic hydroxyl groups excluding tert-OH is 1. The Morgan fingerprint density at radius 1 is 1.50 bits per heavy atom. The molecular formula is C12H20ClNOS. The molecule has 2 atom stereocenters. The van der Waals surface area contributed by atoms with Gasteiger partial charge in [0.15, 0.2) is 0 Å². The van der Waals surface area contributed by atoms with Crippen LogP contribution in [0.15, 0.2) is 5.38 Å². The Balaban J connectivity index is 2.82. The van der Waals surface area contributed by atoms with Crippen LogP contribution in [0.25, 0.3) is 0 Å². The quantitative estimate of drug-likeness (QED) is 0.854. The highest BCUT2D eigenvalue weighted by Gasteiger charge is 2.24. The number of rotatable bonds is 5. The van der Waals surface area contributed by atoms with Crippen molar-refractivity contribution < 1.29 is 5.11 Å². The van der Waals surface area contributed by atoms with Crippen LogP contribution in [-0.4, -0.2) is 11.7 Å². The van der Waals surface area contributed by atoms with Gasteiger partial charge in [-0.25, -0.2) is 0 Å². The Labute approximate surface area is 106 Å². The average molecular weight is 262 g/mol. The van der Waals surface area contributed by atoms with Crippen molar-refractivity contribution in [3.05, 3.63) is 20.8 Å². The summed E-state index contributed by atoms with van der Waals surface area (Å²) in [6, 6.07) is 0. The van der Waals surface area contributed by atoms with Crippen molar-refractivity contribution in [2.75, 3.05) is 6.54 Å². The lowest BCUT2D eigenvalue weighted by atomic mass is 9.91. The van der Waals surface area contributed by atoms with Crippen LogP contribution in [0.3, 0.4) is 0 Å². The summed E-state index contributed by atoms with van der Waals surface area (Å²) in [5, 5.41) is 12.9. The van der Waals surface area contributed by atoms with Crippen molar-refractivity contribution in [3.63, 3.8) is 0 Å². The zero-order valence-electron chi connectivity index (χ0n) is 10.0. The fourth-order valence-corrected chi connectivity index (χ4v) is 3.21. The molecule has 2 nitrogen and oxygen atoms in total. The molecule has 0 aliphatic rings. The lowest BCUT2D eigenvalue weighted by Gasteiger charge is -2.22. The summed E-state index contributed by atoms with van der Waals surface area (Å²) in [6.07, 6.45) is 0.392. The van der Waals surface area contributed by atoms with E-state index in [0.717, 1.165) is 16.9 Å². The molecule has 0 saturated heterocycles. The number of nitrogens with two attached hydrogens (primary N) is 1. The predicted octanol–water partition coefficient (Wildman–Crippen LogP) is 3.36. The molecule has 1 heterocycles. The minimum Gasteiger partial charge on any atom is -0.387 e. The van der Waals surface area contributed by atoms with Gasteiger partial charge in [0.05, 0.1) is 16.0 Å². The van der Waals surface area contributed by atoms with Crippen LogP contribution < -0.4 is 5.73 Å². The van der Waals surface area contributed by atoms with Gasteiger partial charge in [0, 0.05) is 5.92 Å². The first-order chi connectivity index (χ1) is 7.47. The lowest BCUT2D eigenvalue weighted by Crippen LogP contribution is -2.23. The van der Waals surface area contributed by atoms with Gasteiger partial charge in [-0.2, -0.15) is 0 Å². The second-order valence-electron chi connectivity index (χ2n) is 4.67. The fraction of sp³-hybridized carbons (Fsp3) is 0.667. The highest BCUT2D eigenvalue weighted by Crippen LogP contribution is 2.37. The summed E-state index contributed by atoms with van der Waals surface area (Å²) in [7, 11) is 0. The molecule has 0 spiro atoms. The van der Waals surface area contributed by atoms with Crippen LogP contribution in [0.5, 0.6) is 0 Å². The number of halogens is 1. The van der Waals surface area contributed by atoms with Gasteiger partial charge in [-0.3, -0.25) is 0 Å². The molecule has 0 bridgehead atoms. The first-order valence-electron chi connectivity index (χ1n) is 5.59. The first kappa shape index (κ1) is 14.0. The SMILES string of the molecule is Cc1csc(C(O)C(CN)CC(C)C)c1Cl. The summed E-state index contributed by atoms with van der Waals surface area (Å²) in [6.45, 7) is 6.72. The van der Waals surface area contributed by atoms with E-state index in [4.69, 9.17) is 17.3 Å². The first-order valence-corrected chi connectivity index (χ1v) is 6.84. The molecule has 1 aromatic heterocycles. The maximum atomic E-state index is 10.3. The average Bonchev–Trinajstić information content (AvgIpc) is 2.55. The molecule has 16 heavy (non-hydrogen) atoms. The fourth-order valence-electron chi connectivity index (χ4n) is 1.82. The van der Waals surface area contributed by atoms with Gasteiger partial charge >= 0.3 is 0 Å². The normalized spacial score (nSPS) is 15.4. The van der Waals surface area contributed by atoms with E-state index in [2.05, 4.69) is 13.8 Å². The second-order valence-corrected chi connectivity index (χ2v) is 5.96. The third kappa shape index (κ3) is 3.20. The van der Waals surface area contributed by atoms with E-state index in [-0.39, 0.29) is 5.92 Å². The largest absolute Gasteiger partial charge is 0.387 e. The molecule has 0 radical (unpaired) electrons. The van der Waals surface area contributed by atoms with Crippen LogP contribution in [0.4, 0.5) is 0 Å². The van der Waals surface area contributed by atoms with Crippen molar-refractivity contribution in [2.45, 2.75) is 33.3 Å². The second kappa shape index (κ2) is 6.01. The monoisotopic (exact) mass is 261 g/mol. The molecule has 1 aromatic rings. The van der Waals surface area contributed by atoms with E-state index in [1.54, 1.807) is 0 Å². The van der Waals surface area contributed by atoms with Crippen LogP contribution in [-0.2, 0) is 0 Å². The van der Waals surface area contributed by atoms with Crippen molar-refractivity contribution in [1.82, 2.24) is 0 Å². The minimum atomic E-state index is -0.529. The number of hydrogen-bond acceptors (Lipinski definition) is 3. The van der Waals surface area contributed by atoms with Gasteiger partial charge in [-0.15, -0.1) is 11.3 Å². The third-order valence-corrected chi connectivity index (χ3v) is 4.50. The van der Waals surface area contributed by atoms with Crippen molar-refractivity contribution in [3.8, 4) is 0 Å². The Kier molecular flexibility index (Phi) is 5.25. The van der Waals surface area contributed by atoms with E-state index in [1.807, 2.05) is 12.3 Å². The number of thiophene rings is 1. The molecule has 0 fully saturated rings. The topological polar surface area (TPSA) is 46.2 Å². The summed E-state index contributed by atoms with van der Waals surface area (Å²) >= 11 is 7.67. The maximum absolute atomic E-state index is 10.3. The van der Waals surface area contributed by atoms with Crippen molar-refractivity contribution in [2.24, 2.45) is 17.6 Å². The van der Waals surface area contributed by atoms with Crippen LogP contribution in [0, 0.1) is 18.8 Å². The summed E-state index contributed by atoms with van der Waals surface area (Å²) < 4.78 is 0. The molecule has 0 aromatic carbocycles. The molecule has 2 unspecified atom stereocenters. The third-order valence-electron chi connectivity index (χ3n) is 2.72. The zero-order chi connectivity index (χ0) is 12.3. The van der Waals surface area contributed by atoms with Crippen molar-refractivity contribution in [1.29, 1.82) is 0 Å². The lowest BCUT2D eigenvalue weighted by molar-refractivity contribution is 0.103. The molecule has 1 rings (SSSR count). The molecule has 0 aliphatic carbocycles. The molecule has 4 heteroatoms. The van der Waals surface area contributed by atoms with Crippen LogP contribution in [0.2, 0.25) is 5.02 Å². The Hall–Kier alpha value is -0.0900. The maximum Gasteiger partial charge on any atom is 0.0937 e. The molecule has 3 N–H and O–H groups in total. The molecule has 0 amide bonds. The predicted molar refractivity (Wildman–Crippen MR) is 71.0 cm³/mol. The van der Waals surface area contributed by atoms with Gasteiger partial charge in [0.1, 0.15) is 0 Å². The minimum absolute atomic E-state index is 0.0931. The highest BCUT2D eigenvalue weighted by molar-refractivity contribution is 7.10. The Morgan fingerprint density at radius 2 is 2.12 bits per heavy atom. The van der Waals surface area contributed by atoms with Gasteiger partial charge in [-0.05, 0) is 36.8 Å². The van der Waals surface area contributed by atoms with Crippen LogP contribution >= 0.6 is 22.9 Å².